The van der Waals surface area contributed by atoms with Gasteiger partial charge >= 0.3 is 17.9 Å². The van der Waals surface area contributed by atoms with Crippen LogP contribution in [-0.2, 0) is 33.3 Å². The molecule has 1 aromatic carbocycles. The average Bonchev–Trinajstić information content (AvgIpc) is 2.88. The van der Waals surface area contributed by atoms with Gasteiger partial charge in [-0.2, -0.15) is 0 Å². The molecule has 25 heavy (non-hydrogen) atoms. The summed E-state index contributed by atoms with van der Waals surface area (Å²) in [7, 11) is 1.40. The van der Waals surface area contributed by atoms with Gasteiger partial charge in [0.1, 0.15) is 18.8 Å². The van der Waals surface area contributed by atoms with Gasteiger partial charge in [0.15, 0.2) is 6.10 Å². The Kier molecular flexibility index (Phi) is 6.49. The summed E-state index contributed by atoms with van der Waals surface area (Å²) < 4.78 is 26.2. The summed E-state index contributed by atoms with van der Waals surface area (Å²) in [6.45, 7) is 2.28. The third-order valence-corrected chi connectivity index (χ3v) is 3.51. The molecule has 1 aliphatic rings. The number of carbonyl (C=O) groups is 3. The first-order valence-corrected chi connectivity index (χ1v) is 7.67. The molecule has 1 fully saturated rings. The van der Waals surface area contributed by atoms with Gasteiger partial charge in [-0.05, 0) is 12.1 Å². The second-order valence-electron chi connectivity index (χ2n) is 5.39. The molecule has 0 N–H and O–H groups in total. The van der Waals surface area contributed by atoms with E-state index in [0.29, 0.717) is 5.56 Å². The zero-order chi connectivity index (χ0) is 18.4. The highest BCUT2D eigenvalue weighted by molar-refractivity contribution is 5.89. The average molecular weight is 352 g/mol. The Morgan fingerprint density at radius 1 is 1.00 bits per heavy atom. The summed E-state index contributed by atoms with van der Waals surface area (Å²) >= 11 is 0. The summed E-state index contributed by atoms with van der Waals surface area (Å²) in [5.41, 5.74) is 0.391. The standard InChI is InChI=1S/C17H20O8/c1-10(18)23-15-14(21-3)13(25-17(15)24-11(2)19)9-22-16(20)12-7-5-4-6-8-12/h4-8,13-15,17H,9H2,1-3H3/t13-,14-,15-,17+/m1/s1. The molecular weight excluding hydrogens is 332 g/mol. The monoisotopic (exact) mass is 352 g/mol. The van der Waals surface area contributed by atoms with Crippen LogP contribution in [0.3, 0.4) is 0 Å². The fourth-order valence-corrected chi connectivity index (χ4v) is 2.50. The molecule has 0 bridgehead atoms. The Bertz CT molecular complexity index is 614. The highest BCUT2D eigenvalue weighted by atomic mass is 16.7. The van der Waals surface area contributed by atoms with Crippen LogP contribution in [0, 0.1) is 0 Å². The van der Waals surface area contributed by atoms with E-state index in [4.69, 9.17) is 23.7 Å². The number of ether oxygens (including phenoxy) is 5. The zero-order valence-corrected chi connectivity index (χ0v) is 14.2. The van der Waals surface area contributed by atoms with Gasteiger partial charge in [0.2, 0.25) is 6.29 Å². The van der Waals surface area contributed by atoms with Crippen LogP contribution in [0.15, 0.2) is 30.3 Å². The Morgan fingerprint density at radius 2 is 1.64 bits per heavy atom. The minimum atomic E-state index is -1.13. The molecule has 8 heteroatoms. The van der Waals surface area contributed by atoms with E-state index >= 15 is 0 Å². The van der Waals surface area contributed by atoms with Gasteiger partial charge in [0.05, 0.1) is 5.56 Å². The van der Waals surface area contributed by atoms with Crippen molar-refractivity contribution in [2.24, 2.45) is 0 Å². The Labute approximate surface area is 144 Å². The van der Waals surface area contributed by atoms with Gasteiger partial charge in [-0.25, -0.2) is 4.79 Å². The molecule has 0 aromatic heterocycles. The van der Waals surface area contributed by atoms with E-state index < -0.39 is 42.5 Å². The number of methoxy groups -OCH3 is 1. The molecule has 4 atom stereocenters. The molecule has 0 spiro atoms. The first kappa shape index (κ1) is 18.9. The molecule has 0 saturated carbocycles. The van der Waals surface area contributed by atoms with Crippen molar-refractivity contribution in [3.8, 4) is 0 Å². The number of benzene rings is 1. The number of carbonyl (C=O) groups excluding carboxylic acids is 3. The molecule has 0 aliphatic carbocycles. The van der Waals surface area contributed by atoms with E-state index in [9.17, 15) is 14.4 Å². The smallest absolute Gasteiger partial charge is 0.338 e. The van der Waals surface area contributed by atoms with Gasteiger partial charge in [-0.15, -0.1) is 0 Å². The molecule has 1 aromatic rings. The number of rotatable bonds is 6. The van der Waals surface area contributed by atoms with Crippen molar-refractivity contribution in [3.63, 3.8) is 0 Å². The topological polar surface area (TPSA) is 97.4 Å². The second-order valence-corrected chi connectivity index (χ2v) is 5.39. The van der Waals surface area contributed by atoms with Crippen LogP contribution in [0.4, 0.5) is 0 Å². The van der Waals surface area contributed by atoms with E-state index in [0.717, 1.165) is 0 Å². The van der Waals surface area contributed by atoms with Gasteiger partial charge < -0.3 is 23.7 Å². The van der Waals surface area contributed by atoms with Crippen LogP contribution in [0.5, 0.6) is 0 Å². The first-order chi connectivity index (χ1) is 11.9. The second kappa shape index (κ2) is 8.59. The zero-order valence-electron chi connectivity index (χ0n) is 14.2. The number of hydrogen-bond acceptors (Lipinski definition) is 8. The van der Waals surface area contributed by atoms with Gasteiger partial charge in [0.25, 0.3) is 0 Å². The van der Waals surface area contributed by atoms with Crippen molar-refractivity contribution in [1.82, 2.24) is 0 Å². The van der Waals surface area contributed by atoms with Crippen LogP contribution in [-0.4, -0.2) is 56.2 Å². The third kappa shape index (κ3) is 5.01. The third-order valence-electron chi connectivity index (χ3n) is 3.51. The van der Waals surface area contributed by atoms with E-state index in [1.54, 1.807) is 30.3 Å². The molecule has 0 radical (unpaired) electrons. The summed E-state index contributed by atoms with van der Waals surface area (Å²) in [5.74, 6) is -1.70. The predicted octanol–water partition coefficient (Wildman–Crippen LogP) is 1.08. The van der Waals surface area contributed by atoms with Gasteiger partial charge in [0, 0.05) is 21.0 Å². The lowest BCUT2D eigenvalue weighted by Crippen LogP contribution is -2.40. The van der Waals surface area contributed by atoms with E-state index in [1.165, 1.54) is 21.0 Å². The molecular formula is C17H20O8. The lowest BCUT2D eigenvalue weighted by Gasteiger charge is -2.21. The fourth-order valence-electron chi connectivity index (χ4n) is 2.50. The first-order valence-electron chi connectivity index (χ1n) is 7.67. The molecule has 0 unspecified atom stereocenters. The molecule has 0 amide bonds. The molecule has 1 aliphatic heterocycles. The van der Waals surface area contributed by atoms with Gasteiger partial charge in [-0.3, -0.25) is 9.59 Å². The maximum absolute atomic E-state index is 12.0. The predicted molar refractivity (Wildman–Crippen MR) is 83.5 cm³/mol. The Hall–Kier alpha value is -2.45. The number of hydrogen-bond donors (Lipinski definition) is 0. The molecule has 1 heterocycles. The van der Waals surface area contributed by atoms with Crippen molar-refractivity contribution in [2.45, 2.75) is 38.4 Å². The maximum atomic E-state index is 12.0. The largest absolute Gasteiger partial charge is 0.459 e. The van der Waals surface area contributed by atoms with Crippen molar-refractivity contribution in [3.05, 3.63) is 35.9 Å². The van der Waals surface area contributed by atoms with Crippen LogP contribution in [0.2, 0.25) is 0 Å². The van der Waals surface area contributed by atoms with Crippen molar-refractivity contribution >= 4 is 17.9 Å². The SMILES string of the molecule is CO[C@H]1[C@@H](OC(C)=O)[C@@H](OC(C)=O)O[C@@H]1COC(=O)c1ccccc1. The summed E-state index contributed by atoms with van der Waals surface area (Å²) in [5, 5.41) is 0. The van der Waals surface area contributed by atoms with Crippen LogP contribution >= 0.6 is 0 Å². The van der Waals surface area contributed by atoms with Crippen molar-refractivity contribution in [1.29, 1.82) is 0 Å². The Morgan fingerprint density at radius 3 is 2.20 bits per heavy atom. The van der Waals surface area contributed by atoms with E-state index in [1.807, 2.05) is 0 Å². The molecule has 2 rings (SSSR count). The van der Waals surface area contributed by atoms with E-state index in [2.05, 4.69) is 0 Å². The van der Waals surface area contributed by atoms with Crippen molar-refractivity contribution < 1.29 is 38.1 Å². The maximum Gasteiger partial charge on any atom is 0.338 e. The Balaban J connectivity index is 2.04. The minimum absolute atomic E-state index is 0.151. The summed E-state index contributed by atoms with van der Waals surface area (Å²) in [6.07, 6.45) is -3.60. The molecule has 1 saturated heterocycles. The van der Waals surface area contributed by atoms with Crippen molar-refractivity contribution in [2.75, 3.05) is 13.7 Å². The minimum Gasteiger partial charge on any atom is -0.459 e. The van der Waals surface area contributed by atoms with Crippen LogP contribution in [0.25, 0.3) is 0 Å². The van der Waals surface area contributed by atoms with E-state index in [-0.39, 0.29) is 6.61 Å². The lowest BCUT2D eigenvalue weighted by atomic mass is 10.1. The highest BCUT2D eigenvalue weighted by Gasteiger charge is 2.49. The van der Waals surface area contributed by atoms with Crippen LogP contribution in [0.1, 0.15) is 24.2 Å². The molecule has 8 nitrogen and oxygen atoms in total. The summed E-state index contributed by atoms with van der Waals surface area (Å²) in [6, 6.07) is 8.46. The highest BCUT2D eigenvalue weighted by Crippen LogP contribution is 2.28. The van der Waals surface area contributed by atoms with Gasteiger partial charge in [-0.1, -0.05) is 18.2 Å². The number of esters is 3. The normalized spacial score (nSPS) is 25.2. The van der Waals surface area contributed by atoms with Crippen LogP contribution < -0.4 is 0 Å². The fraction of sp³-hybridized carbons (Fsp3) is 0.471. The summed E-state index contributed by atoms with van der Waals surface area (Å²) in [4.78, 5) is 34.5. The molecule has 136 valence electrons. The lowest BCUT2D eigenvalue weighted by molar-refractivity contribution is -0.196. The quantitative estimate of drug-likeness (QED) is 0.554.